The van der Waals surface area contributed by atoms with Crippen molar-refractivity contribution in [3.63, 3.8) is 0 Å². The van der Waals surface area contributed by atoms with E-state index in [9.17, 15) is 0 Å². The number of rotatable bonds is 8. The predicted molar refractivity (Wildman–Crippen MR) is 153 cm³/mol. The molecule has 1 saturated carbocycles. The summed E-state index contributed by atoms with van der Waals surface area (Å²) in [4.78, 5) is 13.2. The largest absolute Gasteiger partial charge is 0.489 e. The molecule has 0 amide bonds. The lowest BCUT2D eigenvalue weighted by molar-refractivity contribution is 0.00209. The molecule has 1 atom stereocenters. The Morgan fingerprint density at radius 1 is 0.925 bits per heavy atom. The van der Waals surface area contributed by atoms with Crippen molar-refractivity contribution in [2.75, 3.05) is 13.2 Å². The van der Waals surface area contributed by atoms with Gasteiger partial charge in [0.05, 0.1) is 24.4 Å². The number of aryl methyl sites for hydroxylation is 1. The molecule has 4 aromatic heterocycles. The molecule has 0 bridgehead atoms. The van der Waals surface area contributed by atoms with E-state index < -0.39 is 0 Å². The highest BCUT2D eigenvalue weighted by Crippen LogP contribution is 2.32. The molecule has 8 heteroatoms. The fourth-order valence-corrected chi connectivity index (χ4v) is 4.81. The second kappa shape index (κ2) is 11.3. The van der Waals surface area contributed by atoms with Crippen molar-refractivity contribution in [3.8, 4) is 34.6 Å². The number of hydrogen-bond donors (Lipinski definition) is 1. The molecule has 0 aliphatic heterocycles. The molecule has 1 aromatic carbocycles. The van der Waals surface area contributed by atoms with E-state index in [4.69, 9.17) is 19.3 Å². The maximum atomic E-state index is 8.96. The van der Waals surface area contributed by atoms with Gasteiger partial charge in [-0.15, -0.1) is 0 Å². The van der Waals surface area contributed by atoms with Crippen molar-refractivity contribution >= 4 is 21.8 Å². The number of fused-ring (bicyclic) bond motifs is 3. The Morgan fingerprint density at radius 2 is 1.77 bits per heavy atom. The van der Waals surface area contributed by atoms with Crippen LogP contribution < -0.4 is 9.47 Å². The molecule has 1 unspecified atom stereocenters. The second-order valence-corrected chi connectivity index (χ2v) is 10.0. The summed E-state index contributed by atoms with van der Waals surface area (Å²) in [5.74, 6) is 7.16. The summed E-state index contributed by atoms with van der Waals surface area (Å²) < 4.78 is 19.6. The molecule has 0 saturated heterocycles. The number of aromatic nitrogens is 4. The molecule has 1 fully saturated rings. The van der Waals surface area contributed by atoms with Crippen LogP contribution in [0.15, 0.2) is 73.3 Å². The summed E-state index contributed by atoms with van der Waals surface area (Å²) in [6.07, 6.45) is 8.81. The van der Waals surface area contributed by atoms with E-state index in [-0.39, 0.29) is 31.5 Å². The molecule has 1 aliphatic rings. The van der Waals surface area contributed by atoms with E-state index in [1.807, 2.05) is 42.9 Å². The fourth-order valence-electron chi connectivity index (χ4n) is 4.81. The summed E-state index contributed by atoms with van der Waals surface area (Å²) in [5.41, 5.74) is 5.13. The third-order valence-corrected chi connectivity index (χ3v) is 7.17. The van der Waals surface area contributed by atoms with Crippen molar-refractivity contribution in [2.45, 2.75) is 38.1 Å². The number of nitrogens with zero attached hydrogens (tertiary/aromatic N) is 4. The van der Waals surface area contributed by atoms with Gasteiger partial charge < -0.3 is 23.9 Å². The van der Waals surface area contributed by atoms with Crippen molar-refractivity contribution < 1.29 is 19.3 Å². The van der Waals surface area contributed by atoms with E-state index in [0.717, 1.165) is 34.9 Å². The van der Waals surface area contributed by atoms with Crippen LogP contribution in [0, 0.1) is 11.8 Å². The van der Waals surface area contributed by atoms with Gasteiger partial charge in [-0.3, -0.25) is 4.98 Å². The van der Waals surface area contributed by atoms with Gasteiger partial charge in [0.1, 0.15) is 30.3 Å². The van der Waals surface area contributed by atoms with Gasteiger partial charge in [-0.25, -0.2) is 9.97 Å². The smallest absolute Gasteiger partial charge is 0.213 e. The minimum Gasteiger partial charge on any atom is -0.489 e. The molecule has 1 N–H and O–H groups in total. The van der Waals surface area contributed by atoms with Gasteiger partial charge in [0.2, 0.25) is 5.88 Å². The van der Waals surface area contributed by atoms with Crippen LogP contribution in [0.1, 0.15) is 25.5 Å². The lowest BCUT2D eigenvalue weighted by Crippen LogP contribution is -2.41. The maximum absolute atomic E-state index is 8.96. The zero-order valence-corrected chi connectivity index (χ0v) is 22.4. The summed E-state index contributed by atoms with van der Waals surface area (Å²) in [6, 6.07) is 16.2. The lowest BCUT2D eigenvalue weighted by Gasteiger charge is -2.34. The minimum absolute atomic E-state index is 0.0234. The van der Waals surface area contributed by atoms with Crippen molar-refractivity contribution in [2.24, 2.45) is 7.05 Å². The standard InChI is InChI=1S/C32H30N4O4/c1-21(20-37)38-13-3-4-24-7-8-25(18-34-24)39-26-15-27(16-26)40-32-10-6-23(17-35-32)22-5-9-28-29-19-33-12-11-30(29)36(2)31(28)14-22/h5-12,14,17-19,21,26-27,37H,13,15-16,20H2,1-2H3. The first-order chi connectivity index (χ1) is 19.6. The zero-order chi connectivity index (χ0) is 27.5. The molecule has 0 spiro atoms. The summed E-state index contributed by atoms with van der Waals surface area (Å²) in [7, 11) is 2.08. The Labute approximate surface area is 232 Å². The number of hydrogen-bond acceptors (Lipinski definition) is 7. The number of benzene rings is 1. The molecule has 202 valence electrons. The van der Waals surface area contributed by atoms with Gasteiger partial charge >= 0.3 is 0 Å². The molecule has 40 heavy (non-hydrogen) atoms. The Hall–Kier alpha value is -4.45. The highest BCUT2D eigenvalue weighted by atomic mass is 16.5. The first-order valence-corrected chi connectivity index (χ1v) is 13.4. The fraction of sp³-hybridized carbons (Fsp3) is 0.281. The minimum atomic E-state index is -0.224. The normalized spacial score (nSPS) is 17.2. The van der Waals surface area contributed by atoms with E-state index in [1.54, 1.807) is 13.1 Å². The molecule has 4 heterocycles. The molecular formula is C32H30N4O4. The highest BCUT2D eigenvalue weighted by Gasteiger charge is 2.33. The number of ether oxygens (including phenoxy) is 3. The Kier molecular flexibility index (Phi) is 7.32. The van der Waals surface area contributed by atoms with Crippen molar-refractivity contribution in [1.82, 2.24) is 19.5 Å². The highest BCUT2D eigenvalue weighted by molar-refractivity contribution is 6.08. The van der Waals surface area contributed by atoms with Gasteiger partial charge in [-0.05, 0) is 48.7 Å². The van der Waals surface area contributed by atoms with Gasteiger partial charge in [-0.2, -0.15) is 0 Å². The Balaban J connectivity index is 1.01. The quantitative estimate of drug-likeness (QED) is 0.283. The molecule has 5 aromatic rings. The lowest BCUT2D eigenvalue weighted by atomic mass is 9.92. The van der Waals surface area contributed by atoms with E-state index in [0.29, 0.717) is 17.3 Å². The van der Waals surface area contributed by atoms with Crippen LogP contribution in [0.2, 0.25) is 0 Å². The van der Waals surface area contributed by atoms with Crippen molar-refractivity contribution in [1.29, 1.82) is 0 Å². The van der Waals surface area contributed by atoms with Crippen LogP contribution in [-0.2, 0) is 11.8 Å². The van der Waals surface area contributed by atoms with Crippen molar-refractivity contribution in [3.05, 3.63) is 79.0 Å². The first kappa shape index (κ1) is 25.8. The van der Waals surface area contributed by atoms with Gasteiger partial charge in [0.15, 0.2) is 0 Å². The van der Waals surface area contributed by atoms with Crippen LogP contribution in [0.5, 0.6) is 11.6 Å². The summed E-state index contributed by atoms with van der Waals surface area (Å²) in [6.45, 7) is 2.02. The summed E-state index contributed by atoms with van der Waals surface area (Å²) in [5, 5.41) is 11.3. The van der Waals surface area contributed by atoms with Gasteiger partial charge in [0, 0.05) is 66.4 Å². The monoisotopic (exact) mass is 534 g/mol. The number of aliphatic hydroxyl groups is 1. The van der Waals surface area contributed by atoms with Crippen LogP contribution in [0.25, 0.3) is 32.9 Å². The Morgan fingerprint density at radius 3 is 2.55 bits per heavy atom. The molecule has 6 rings (SSSR count). The van der Waals surface area contributed by atoms with Crippen LogP contribution in [-0.4, -0.2) is 56.2 Å². The SMILES string of the molecule is CC(CO)OCC#Cc1ccc(OC2CC(Oc3ccc(-c4ccc5c6cnccc6n(C)c5c4)cn3)C2)cn1. The zero-order valence-electron chi connectivity index (χ0n) is 22.4. The van der Waals surface area contributed by atoms with E-state index in [1.165, 1.54) is 10.9 Å². The first-order valence-electron chi connectivity index (χ1n) is 13.4. The van der Waals surface area contributed by atoms with Gasteiger partial charge in [-0.1, -0.05) is 18.1 Å². The second-order valence-electron chi connectivity index (χ2n) is 10.0. The van der Waals surface area contributed by atoms with E-state index >= 15 is 0 Å². The molecule has 1 aliphatic carbocycles. The van der Waals surface area contributed by atoms with Gasteiger partial charge in [0.25, 0.3) is 0 Å². The third-order valence-electron chi connectivity index (χ3n) is 7.17. The number of aliphatic hydroxyl groups excluding tert-OH is 1. The van der Waals surface area contributed by atoms with Crippen LogP contribution in [0.3, 0.4) is 0 Å². The predicted octanol–water partition coefficient (Wildman–Crippen LogP) is 4.92. The van der Waals surface area contributed by atoms with E-state index in [2.05, 4.69) is 62.7 Å². The molecule has 8 nitrogen and oxygen atoms in total. The number of pyridine rings is 3. The topological polar surface area (TPSA) is 91.5 Å². The van der Waals surface area contributed by atoms with Crippen LogP contribution >= 0.6 is 0 Å². The maximum Gasteiger partial charge on any atom is 0.213 e. The summed E-state index contributed by atoms with van der Waals surface area (Å²) >= 11 is 0. The average Bonchev–Trinajstić information content (AvgIpc) is 3.26. The molecule has 0 radical (unpaired) electrons. The van der Waals surface area contributed by atoms with Crippen LogP contribution in [0.4, 0.5) is 0 Å². The Bertz CT molecular complexity index is 1680. The molecular weight excluding hydrogens is 504 g/mol. The average molecular weight is 535 g/mol. The third kappa shape index (κ3) is 5.48.